The summed E-state index contributed by atoms with van der Waals surface area (Å²) in [5, 5.41) is 0.388. The van der Waals surface area contributed by atoms with Gasteiger partial charge in [-0.25, -0.2) is 9.78 Å². The van der Waals surface area contributed by atoms with Gasteiger partial charge < -0.3 is 4.74 Å². The first-order chi connectivity index (χ1) is 7.87. The van der Waals surface area contributed by atoms with Gasteiger partial charge in [0.25, 0.3) is 0 Å². The van der Waals surface area contributed by atoms with E-state index in [1.54, 1.807) is 6.07 Å². The van der Waals surface area contributed by atoms with Crippen LogP contribution in [-0.4, -0.2) is 23.2 Å². The number of halogens is 1. The molecule has 5 heteroatoms. The highest BCUT2D eigenvalue weighted by atomic mass is 35.5. The van der Waals surface area contributed by atoms with Crippen LogP contribution in [0.4, 0.5) is 10.6 Å². The third-order valence-corrected chi connectivity index (χ3v) is 2.61. The van der Waals surface area contributed by atoms with E-state index in [0.717, 1.165) is 12.0 Å². The monoisotopic (exact) mass is 254 g/mol. The highest BCUT2D eigenvalue weighted by molar-refractivity contribution is 6.29. The molecule has 2 heterocycles. The number of nitrogens with zero attached hydrogens (tertiary/aromatic N) is 2. The molecule has 92 valence electrons. The van der Waals surface area contributed by atoms with E-state index in [-0.39, 0.29) is 6.09 Å². The Balaban J connectivity index is 2.22. The van der Waals surface area contributed by atoms with Crippen LogP contribution >= 0.6 is 11.6 Å². The molecule has 17 heavy (non-hydrogen) atoms. The van der Waals surface area contributed by atoms with Crippen molar-refractivity contribution in [3.05, 3.63) is 22.8 Å². The molecule has 1 aromatic heterocycles. The molecule has 0 saturated heterocycles. The minimum atomic E-state index is -0.502. The largest absolute Gasteiger partial charge is 0.443 e. The highest BCUT2D eigenvalue weighted by Gasteiger charge is 2.30. The van der Waals surface area contributed by atoms with E-state index in [0.29, 0.717) is 17.5 Å². The van der Waals surface area contributed by atoms with Crippen LogP contribution in [0.3, 0.4) is 0 Å². The molecule has 0 N–H and O–H groups in total. The average molecular weight is 255 g/mol. The fourth-order valence-corrected chi connectivity index (χ4v) is 1.86. The number of carbonyl (C=O) groups is 1. The average Bonchev–Trinajstić information content (AvgIpc) is 2.57. The molecule has 1 amide bonds. The van der Waals surface area contributed by atoms with Crippen molar-refractivity contribution in [2.45, 2.75) is 32.8 Å². The van der Waals surface area contributed by atoms with Crippen LogP contribution in [-0.2, 0) is 11.2 Å². The van der Waals surface area contributed by atoms with Gasteiger partial charge in [0.05, 0.1) is 0 Å². The molecule has 2 rings (SSSR count). The van der Waals surface area contributed by atoms with E-state index in [2.05, 4.69) is 4.98 Å². The maximum atomic E-state index is 12.0. The van der Waals surface area contributed by atoms with E-state index in [9.17, 15) is 4.79 Å². The fourth-order valence-electron chi connectivity index (χ4n) is 1.72. The SMILES string of the molecule is CC(C)(C)OC(=O)N1CCc2ccc(Cl)nc21. The number of ether oxygens (including phenoxy) is 1. The van der Waals surface area contributed by atoms with Crippen LogP contribution in [0.2, 0.25) is 5.15 Å². The second-order valence-corrected chi connectivity index (χ2v) is 5.39. The zero-order chi connectivity index (χ0) is 12.6. The predicted octanol–water partition coefficient (Wildman–Crippen LogP) is 3.03. The summed E-state index contributed by atoms with van der Waals surface area (Å²) in [7, 11) is 0. The van der Waals surface area contributed by atoms with Crippen LogP contribution in [0, 0.1) is 0 Å². The lowest BCUT2D eigenvalue weighted by molar-refractivity contribution is 0.0583. The van der Waals surface area contributed by atoms with E-state index in [1.165, 1.54) is 4.90 Å². The summed E-state index contributed by atoms with van der Waals surface area (Å²) < 4.78 is 5.32. The Kier molecular flexibility index (Phi) is 3.00. The summed E-state index contributed by atoms with van der Waals surface area (Å²) in [5.74, 6) is 0.617. The Labute approximate surface area is 106 Å². The number of hydrogen-bond acceptors (Lipinski definition) is 3. The summed E-state index contributed by atoms with van der Waals surface area (Å²) >= 11 is 5.84. The number of aromatic nitrogens is 1. The van der Waals surface area contributed by atoms with Gasteiger partial charge in [0.15, 0.2) is 0 Å². The third kappa shape index (κ3) is 2.69. The smallest absolute Gasteiger partial charge is 0.416 e. The van der Waals surface area contributed by atoms with Crippen molar-refractivity contribution in [1.82, 2.24) is 4.98 Å². The Morgan fingerprint density at radius 1 is 1.47 bits per heavy atom. The molecule has 0 saturated carbocycles. The minimum absolute atomic E-state index is 0.369. The lowest BCUT2D eigenvalue weighted by atomic mass is 10.2. The van der Waals surface area contributed by atoms with E-state index in [1.807, 2.05) is 26.8 Å². The number of pyridine rings is 1. The second-order valence-electron chi connectivity index (χ2n) is 5.00. The lowest BCUT2D eigenvalue weighted by Gasteiger charge is -2.24. The first kappa shape index (κ1) is 12.2. The molecular formula is C12H15ClN2O2. The van der Waals surface area contributed by atoms with Gasteiger partial charge in [-0.1, -0.05) is 17.7 Å². The molecule has 0 aliphatic carbocycles. The zero-order valence-electron chi connectivity index (χ0n) is 10.2. The fraction of sp³-hybridized carbons (Fsp3) is 0.500. The third-order valence-electron chi connectivity index (χ3n) is 2.40. The van der Waals surface area contributed by atoms with Crippen molar-refractivity contribution in [3.8, 4) is 0 Å². The highest BCUT2D eigenvalue weighted by Crippen LogP contribution is 2.28. The molecule has 0 spiro atoms. The van der Waals surface area contributed by atoms with Crippen LogP contribution in [0.15, 0.2) is 12.1 Å². The molecule has 4 nitrogen and oxygen atoms in total. The van der Waals surface area contributed by atoms with Gasteiger partial charge in [-0.2, -0.15) is 0 Å². The normalized spacial score (nSPS) is 14.7. The molecular weight excluding hydrogens is 240 g/mol. The van der Waals surface area contributed by atoms with Gasteiger partial charge in [0.2, 0.25) is 0 Å². The van der Waals surface area contributed by atoms with Gasteiger partial charge in [0, 0.05) is 6.54 Å². The topological polar surface area (TPSA) is 42.4 Å². The summed E-state index contributed by atoms with van der Waals surface area (Å²) in [5.41, 5.74) is 0.526. The zero-order valence-corrected chi connectivity index (χ0v) is 10.9. The number of anilines is 1. The van der Waals surface area contributed by atoms with Crippen molar-refractivity contribution in [3.63, 3.8) is 0 Å². The number of hydrogen-bond donors (Lipinski definition) is 0. The summed E-state index contributed by atoms with van der Waals surface area (Å²) in [6.07, 6.45) is 0.421. The van der Waals surface area contributed by atoms with Crippen LogP contribution in [0.25, 0.3) is 0 Å². The standard InChI is InChI=1S/C12H15ClN2O2/c1-12(2,3)17-11(16)15-7-6-8-4-5-9(13)14-10(8)15/h4-5H,6-7H2,1-3H3. The van der Waals surface area contributed by atoms with E-state index in [4.69, 9.17) is 16.3 Å². The number of fused-ring (bicyclic) bond motifs is 1. The first-order valence-electron chi connectivity index (χ1n) is 5.53. The summed E-state index contributed by atoms with van der Waals surface area (Å²) in [6, 6.07) is 3.63. The number of rotatable bonds is 0. The number of carbonyl (C=O) groups excluding carboxylic acids is 1. The van der Waals surface area contributed by atoms with Gasteiger partial charge in [-0.05, 0) is 38.8 Å². The maximum Gasteiger partial charge on any atom is 0.416 e. The predicted molar refractivity (Wildman–Crippen MR) is 66.5 cm³/mol. The molecule has 1 aliphatic rings. The maximum absolute atomic E-state index is 12.0. The van der Waals surface area contributed by atoms with Crippen molar-refractivity contribution in [2.75, 3.05) is 11.4 Å². The van der Waals surface area contributed by atoms with Gasteiger partial charge >= 0.3 is 6.09 Å². The van der Waals surface area contributed by atoms with E-state index < -0.39 is 5.60 Å². The minimum Gasteiger partial charge on any atom is -0.443 e. The second kappa shape index (κ2) is 4.18. The molecule has 0 radical (unpaired) electrons. The van der Waals surface area contributed by atoms with Crippen molar-refractivity contribution < 1.29 is 9.53 Å². The van der Waals surface area contributed by atoms with Gasteiger partial charge in [-0.3, -0.25) is 4.90 Å². The molecule has 0 bridgehead atoms. The van der Waals surface area contributed by atoms with Crippen molar-refractivity contribution in [2.24, 2.45) is 0 Å². The summed E-state index contributed by atoms with van der Waals surface area (Å²) in [4.78, 5) is 17.7. The Bertz CT molecular complexity index is 454. The first-order valence-corrected chi connectivity index (χ1v) is 5.90. The molecule has 0 fully saturated rings. The van der Waals surface area contributed by atoms with Gasteiger partial charge in [-0.15, -0.1) is 0 Å². The van der Waals surface area contributed by atoms with Gasteiger partial charge in [0.1, 0.15) is 16.6 Å². The molecule has 0 atom stereocenters. The Hall–Kier alpha value is -1.29. The lowest BCUT2D eigenvalue weighted by Crippen LogP contribution is -2.36. The number of amides is 1. The van der Waals surface area contributed by atoms with Crippen LogP contribution in [0.1, 0.15) is 26.3 Å². The molecule has 0 unspecified atom stereocenters. The molecule has 1 aromatic rings. The molecule has 0 aromatic carbocycles. The van der Waals surface area contributed by atoms with Crippen molar-refractivity contribution >= 4 is 23.5 Å². The van der Waals surface area contributed by atoms with Crippen LogP contribution in [0.5, 0.6) is 0 Å². The quantitative estimate of drug-likeness (QED) is 0.669. The van der Waals surface area contributed by atoms with Crippen LogP contribution < -0.4 is 4.90 Å². The Morgan fingerprint density at radius 3 is 2.82 bits per heavy atom. The van der Waals surface area contributed by atoms with Crippen molar-refractivity contribution in [1.29, 1.82) is 0 Å². The summed E-state index contributed by atoms with van der Waals surface area (Å²) in [6.45, 7) is 6.12. The molecule has 1 aliphatic heterocycles. The Morgan fingerprint density at radius 2 is 2.18 bits per heavy atom. The van der Waals surface area contributed by atoms with E-state index >= 15 is 0 Å².